The van der Waals surface area contributed by atoms with Crippen molar-refractivity contribution in [2.45, 2.75) is 44.4 Å². The van der Waals surface area contributed by atoms with E-state index in [1.807, 2.05) is 0 Å². The molecule has 0 saturated heterocycles. The summed E-state index contributed by atoms with van der Waals surface area (Å²) in [6.45, 7) is 2.60. The SMILES string of the molecule is CCS(=O)(=O)c1ccc(-c2ccc(S(=O)(=O)CC)c(-c3nc4cc(S(=O)(=O)C(F)(F)F)ccc4o3)n2)nc1-c1nc2cc(S(=O)(=O)C(F)(F)F)ccc2o1. The van der Waals surface area contributed by atoms with Crippen molar-refractivity contribution < 1.29 is 68.8 Å². The summed E-state index contributed by atoms with van der Waals surface area (Å²) >= 11 is 0. The Balaban J connectivity index is 1.53. The summed E-state index contributed by atoms with van der Waals surface area (Å²) < 4.78 is 191. The van der Waals surface area contributed by atoms with E-state index in [1.165, 1.54) is 26.0 Å². The van der Waals surface area contributed by atoms with E-state index < -0.39 is 116 Å². The summed E-state index contributed by atoms with van der Waals surface area (Å²) in [5.74, 6) is -2.06. The number of halogens is 6. The Morgan fingerprint density at radius 3 is 1.19 bits per heavy atom. The second-order valence-electron chi connectivity index (χ2n) is 11.1. The van der Waals surface area contributed by atoms with E-state index in [-0.39, 0.29) is 22.6 Å². The van der Waals surface area contributed by atoms with Crippen molar-refractivity contribution in [3.05, 3.63) is 60.7 Å². The Kier molecular flexibility index (Phi) is 9.22. The van der Waals surface area contributed by atoms with Gasteiger partial charge in [0.15, 0.2) is 30.8 Å². The van der Waals surface area contributed by atoms with Gasteiger partial charge in [-0.25, -0.2) is 53.6 Å². The average Bonchev–Trinajstić information content (AvgIpc) is 3.74. The zero-order chi connectivity index (χ0) is 39.8. The number of benzene rings is 2. The fourth-order valence-electron chi connectivity index (χ4n) is 4.92. The first kappa shape index (κ1) is 38.8. The van der Waals surface area contributed by atoms with E-state index in [4.69, 9.17) is 8.83 Å². The third-order valence-corrected chi connectivity index (χ3v) is 14.2. The second kappa shape index (κ2) is 12.8. The van der Waals surface area contributed by atoms with Gasteiger partial charge in [0.1, 0.15) is 22.4 Å². The lowest BCUT2D eigenvalue weighted by atomic mass is 10.2. The highest BCUT2D eigenvalue weighted by atomic mass is 32.2. The van der Waals surface area contributed by atoms with Crippen molar-refractivity contribution in [3.8, 4) is 34.6 Å². The molecule has 0 bridgehead atoms. The molecule has 286 valence electrons. The molecule has 4 heterocycles. The van der Waals surface area contributed by atoms with Gasteiger partial charge in [-0.05, 0) is 60.7 Å². The minimum atomic E-state index is -5.80. The van der Waals surface area contributed by atoms with Gasteiger partial charge >= 0.3 is 11.0 Å². The largest absolute Gasteiger partial charge is 0.501 e. The van der Waals surface area contributed by atoms with Crippen LogP contribution in [-0.4, -0.2) is 76.1 Å². The van der Waals surface area contributed by atoms with E-state index in [9.17, 15) is 60.0 Å². The van der Waals surface area contributed by atoms with Crippen LogP contribution in [0.15, 0.2) is 89.1 Å². The molecule has 6 aromatic rings. The Labute approximate surface area is 300 Å². The van der Waals surface area contributed by atoms with Crippen LogP contribution >= 0.6 is 0 Å². The van der Waals surface area contributed by atoms with Crippen LogP contribution in [0.1, 0.15) is 13.8 Å². The summed E-state index contributed by atoms with van der Waals surface area (Å²) in [5, 5.41) is 0. The third kappa shape index (κ3) is 6.59. The topological polar surface area (TPSA) is 214 Å². The number of hydrogen-bond acceptors (Lipinski definition) is 14. The number of rotatable bonds is 9. The van der Waals surface area contributed by atoms with Crippen LogP contribution in [0.3, 0.4) is 0 Å². The number of sulfone groups is 4. The van der Waals surface area contributed by atoms with Crippen LogP contribution in [0, 0.1) is 0 Å². The number of alkyl halides is 6. The van der Waals surface area contributed by atoms with Crippen LogP contribution in [-0.2, 0) is 39.3 Å². The quantitative estimate of drug-likeness (QED) is 0.154. The van der Waals surface area contributed by atoms with Gasteiger partial charge in [-0.2, -0.15) is 26.3 Å². The molecule has 14 nitrogen and oxygen atoms in total. The van der Waals surface area contributed by atoms with Gasteiger partial charge in [-0.15, -0.1) is 0 Å². The molecule has 0 amide bonds. The summed E-state index contributed by atoms with van der Waals surface area (Å²) in [6.07, 6.45) is 0. The maximum absolute atomic E-state index is 13.2. The Bertz CT molecular complexity index is 2760. The van der Waals surface area contributed by atoms with Crippen molar-refractivity contribution in [3.63, 3.8) is 0 Å². The van der Waals surface area contributed by atoms with Crippen LogP contribution in [0.25, 0.3) is 56.8 Å². The highest BCUT2D eigenvalue weighted by Gasteiger charge is 2.48. The molecular formula is C30H20F6N4O10S4. The number of pyridine rings is 2. The molecule has 4 aromatic heterocycles. The monoisotopic (exact) mass is 838 g/mol. The Morgan fingerprint density at radius 2 is 0.870 bits per heavy atom. The minimum absolute atomic E-state index is 0.168. The zero-order valence-electron chi connectivity index (χ0n) is 27.0. The van der Waals surface area contributed by atoms with Crippen molar-refractivity contribution in [2.75, 3.05) is 11.5 Å². The van der Waals surface area contributed by atoms with Gasteiger partial charge in [0, 0.05) is 0 Å². The summed E-state index contributed by atoms with van der Waals surface area (Å²) in [6, 6.07) is 8.63. The molecule has 24 heteroatoms. The van der Waals surface area contributed by atoms with Crippen LogP contribution in [0.5, 0.6) is 0 Å². The lowest BCUT2D eigenvalue weighted by Crippen LogP contribution is -2.23. The Hall–Kier alpha value is -4.94. The van der Waals surface area contributed by atoms with Gasteiger partial charge in [0.25, 0.3) is 19.7 Å². The molecule has 0 aliphatic rings. The van der Waals surface area contributed by atoms with Crippen molar-refractivity contribution in [1.29, 1.82) is 0 Å². The fourth-order valence-corrected chi connectivity index (χ4v) is 8.51. The lowest BCUT2D eigenvalue weighted by molar-refractivity contribution is -0.0442. The van der Waals surface area contributed by atoms with Crippen LogP contribution < -0.4 is 0 Å². The highest BCUT2D eigenvalue weighted by Crippen LogP contribution is 2.37. The molecule has 0 aliphatic heterocycles. The number of oxazole rings is 2. The van der Waals surface area contributed by atoms with Crippen molar-refractivity contribution in [1.82, 2.24) is 19.9 Å². The third-order valence-electron chi connectivity index (χ3n) is 7.76. The van der Waals surface area contributed by atoms with Crippen molar-refractivity contribution >= 4 is 61.5 Å². The van der Waals surface area contributed by atoms with E-state index in [0.717, 1.165) is 24.3 Å². The van der Waals surface area contributed by atoms with Gasteiger partial charge in [-0.3, -0.25) is 0 Å². The first-order valence-electron chi connectivity index (χ1n) is 14.8. The van der Waals surface area contributed by atoms with Gasteiger partial charge in [0.2, 0.25) is 11.8 Å². The zero-order valence-corrected chi connectivity index (χ0v) is 30.2. The Morgan fingerprint density at radius 1 is 0.519 bits per heavy atom. The molecule has 0 radical (unpaired) electrons. The molecule has 0 spiro atoms. The molecule has 0 N–H and O–H groups in total. The average molecular weight is 839 g/mol. The predicted molar refractivity (Wildman–Crippen MR) is 175 cm³/mol. The molecule has 0 atom stereocenters. The van der Waals surface area contributed by atoms with E-state index in [0.29, 0.717) is 24.3 Å². The lowest BCUT2D eigenvalue weighted by Gasteiger charge is -2.11. The van der Waals surface area contributed by atoms with Gasteiger partial charge in [0.05, 0.1) is 42.5 Å². The fraction of sp³-hybridized carbons (Fsp3) is 0.200. The summed E-state index contributed by atoms with van der Waals surface area (Å²) in [5.41, 5.74) is -13.9. The molecule has 2 aromatic carbocycles. The smallest absolute Gasteiger partial charge is 0.435 e. The highest BCUT2D eigenvalue weighted by molar-refractivity contribution is 7.92. The van der Waals surface area contributed by atoms with Crippen molar-refractivity contribution in [2.24, 2.45) is 0 Å². The maximum Gasteiger partial charge on any atom is 0.501 e. The number of nitrogens with zero attached hydrogens (tertiary/aromatic N) is 4. The van der Waals surface area contributed by atoms with Crippen LogP contribution in [0.4, 0.5) is 26.3 Å². The first-order valence-corrected chi connectivity index (χ1v) is 21.1. The molecular weight excluding hydrogens is 819 g/mol. The molecule has 6 rings (SSSR count). The van der Waals surface area contributed by atoms with Gasteiger partial charge < -0.3 is 8.83 Å². The molecule has 0 unspecified atom stereocenters. The number of aromatic nitrogens is 4. The minimum Gasteiger partial charge on any atom is -0.435 e. The molecule has 54 heavy (non-hydrogen) atoms. The van der Waals surface area contributed by atoms with E-state index in [1.54, 1.807) is 0 Å². The van der Waals surface area contributed by atoms with Gasteiger partial charge in [-0.1, -0.05) is 13.8 Å². The normalized spacial score (nSPS) is 13.6. The standard InChI is InChI=1S/C30H20F6N4O10S4/c1-3-51(41,42)23-11-7-17(37-25(23)27-39-19-13-15(5-9-21(19)49-27)53(45,46)29(31,32)33)18-8-12-24(52(43,44)4-2)26(38-18)28-40-20-14-16(6-10-22(20)50-28)54(47,48)30(34,35)36/h5-14H,3-4H2,1-2H3. The predicted octanol–water partition coefficient (Wildman–Crippen LogP) is 5.93. The number of hydrogen-bond donors (Lipinski definition) is 0. The van der Waals surface area contributed by atoms with Crippen LogP contribution in [0.2, 0.25) is 0 Å². The molecule has 0 aliphatic carbocycles. The summed E-state index contributed by atoms with van der Waals surface area (Å²) in [7, 11) is -19.8. The maximum atomic E-state index is 13.2. The van der Waals surface area contributed by atoms with E-state index in [2.05, 4.69) is 19.9 Å². The number of fused-ring (bicyclic) bond motifs is 2. The second-order valence-corrected chi connectivity index (χ2v) is 19.5. The van der Waals surface area contributed by atoms with E-state index >= 15 is 0 Å². The first-order chi connectivity index (χ1) is 24.9. The summed E-state index contributed by atoms with van der Waals surface area (Å²) in [4.78, 5) is 13.4. The molecule has 0 fully saturated rings. The molecule has 0 saturated carbocycles.